The van der Waals surface area contributed by atoms with Gasteiger partial charge in [-0.05, 0) is 37.6 Å². The van der Waals surface area contributed by atoms with Crippen LogP contribution in [0.25, 0.3) is 0 Å². The van der Waals surface area contributed by atoms with Gasteiger partial charge in [0.25, 0.3) is 0 Å². The van der Waals surface area contributed by atoms with Crippen molar-refractivity contribution in [1.82, 2.24) is 5.32 Å². The van der Waals surface area contributed by atoms with Crippen LogP contribution in [-0.2, 0) is 26.0 Å². The summed E-state index contributed by atoms with van der Waals surface area (Å²) in [6.45, 7) is 3.66. The van der Waals surface area contributed by atoms with Crippen molar-refractivity contribution in [3.8, 4) is 0 Å². The van der Waals surface area contributed by atoms with Gasteiger partial charge < -0.3 is 10.6 Å². The smallest absolute Gasteiger partial charge is 0.237 e. The number of sulfone groups is 1. The number of amides is 2. The fourth-order valence-electron chi connectivity index (χ4n) is 2.83. The van der Waals surface area contributed by atoms with Crippen LogP contribution < -0.4 is 10.6 Å². The van der Waals surface area contributed by atoms with Gasteiger partial charge >= 0.3 is 0 Å². The van der Waals surface area contributed by atoms with E-state index in [1.807, 2.05) is 30.3 Å². The van der Waals surface area contributed by atoms with Crippen molar-refractivity contribution in [2.75, 3.05) is 5.32 Å². The van der Waals surface area contributed by atoms with Gasteiger partial charge in [0.05, 0.1) is 21.1 Å². The third-order valence-corrected chi connectivity index (χ3v) is 7.84. The van der Waals surface area contributed by atoms with Gasteiger partial charge in [-0.3, -0.25) is 9.59 Å². The minimum Gasteiger partial charge on any atom is -0.352 e. The molecule has 1 aliphatic rings. The lowest BCUT2D eigenvalue weighted by atomic mass is 10.2. The highest BCUT2D eigenvalue weighted by Gasteiger charge is 2.29. The summed E-state index contributed by atoms with van der Waals surface area (Å²) in [7, 11) is -3.67. The zero-order chi connectivity index (χ0) is 20.3. The molecule has 1 aliphatic heterocycles. The summed E-state index contributed by atoms with van der Waals surface area (Å²) >= 11 is 1.33. The molecule has 0 saturated heterocycles. The number of nitrogens with one attached hydrogen (secondary N) is 2. The molecule has 2 aromatic carbocycles. The first-order chi connectivity index (χ1) is 13.3. The summed E-state index contributed by atoms with van der Waals surface area (Å²) in [5, 5.41) is 4.38. The zero-order valence-corrected chi connectivity index (χ0v) is 17.3. The molecule has 6 nitrogen and oxygen atoms in total. The Balaban J connectivity index is 1.67. The van der Waals surface area contributed by atoms with Crippen LogP contribution in [0.5, 0.6) is 0 Å². The van der Waals surface area contributed by atoms with Gasteiger partial charge in [-0.15, -0.1) is 11.8 Å². The molecule has 0 spiro atoms. The molecule has 3 rings (SSSR count). The standard InChI is InChI=1S/C20H22N2O4S2/c1-13(10-19(23)21-12-15-6-4-3-5-7-15)28(25,26)16-8-9-17-18(11-16)27-14(2)20(24)22-17/h3-9,11,13-14H,10,12H2,1-2H3,(H,21,23)(H,22,24). The summed E-state index contributed by atoms with van der Waals surface area (Å²) in [4.78, 5) is 24.8. The van der Waals surface area contributed by atoms with Gasteiger partial charge in [-0.2, -0.15) is 0 Å². The maximum Gasteiger partial charge on any atom is 0.237 e. The highest BCUT2D eigenvalue weighted by Crippen LogP contribution is 2.37. The minimum absolute atomic E-state index is 0.100. The van der Waals surface area contributed by atoms with Crippen LogP contribution in [0.4, 0.5) is 5.69 Å². The van der Waals surface area contributed by atoms with Gasteiger partial charge in [0, 0.05) is 17.9 Å². The molecule has 2 atom stereocenters. The normalized spacial score (nSPS) is 17.4. The molecule has 2 N–H and O–H groups in total. The first kappa shape index (κ1) is 20.4. The van der Waals surface area contributed by atoms with E-state index in [9.17, 15) is 18.0 Å². The molecule has 0 aliphatic carbocycles. The number of carbonyl (C=O) groups is 2. The SMILES string of the molecule is CC1Sc2cc(S(=O)(=O)C(C)CC(=O)NCc3ccccc3)ccc2NC1=O. The molecule has 2 unspecified atom stereocenters. The first-order valence-corrected chi connectivity index (χ1v) is 11.4. The summed E-state index contributed by atoms with van der Waals surface area (Å²) in [6.07, 6.45) is -0.119. The van der Waals surface area contributed by atoms with Crippen LogP contribution in [0.3, 0.4) is 0 Å². The van der Waals surface area contributed by atoms with Gasteiger partial charge in [0.15, 0.2) is 9.84 Å². The van der Waals surface area contributed by atoms with E-state index in [0.29, 0.717) is 17.1 Å². The molecule has 148 valence electrons. The van der Waals surface area contributed by atoms with Crippen molar-refractivity contribution in [2.24, 2.45) is 0 Å². The number of rotatable bonds is 6. The second kappa shape index (κ2) is 8.36. The van der Waals surface area contributed by atoms with Gasteiger partial charge in [0.2, 0.25) is 11.8 Å². The molecule has 0 fully saturated rings. The topological polar surface area (TPSA) is 92.3 Å². The summed E-state index contributed by atoms with van der Waals surface area (Å²) < 4.78 is 25.8. The highest BCUT2D eigenvalue weighted by atomic mass is 32.2. The van der Waals surface area contributed by atoms with Crippen LogP contribution in [-0.4, -0.2) is 30.7 Å². The van der Waals surface area contributed by atoms with Crippen LogP contribution >= 0.6 is 11.8 Å². The number of fused-ring (bicyclic) bond motifs is 1. The second-order valence-corrected chi connectivity index (χ2v) is 10.5. The van der Waals surface area contributed by atoms with Gasteiger partial charge in [-0.1, -0.05) is 30.3 Å². The lowest BCUT2D eigenvalue weighted by Crippen LogP contribution is -2.30. The fourth-order valence-corrected chi connectivity index (χ4v) is 5.27. The Morgan fingerprint density at radius 3 is 2.64 bits per heavy atom. The monoisotopic (exact) mass is 418 g/mol. The van der Waals surface area contributed by atoms with Gasteiger partial charge in [0.1, 0.15) is 0 Å². The maximum absolute atomic E-state index is 12.9. The molecule has 0 saturated carbocycles. The fraction of sp³-hybridized carbons (Fsp3) is 0.300. The first-order valence-electron chi connectivity index (χ1n) is 8.93. The number of benzene rings is 2. The van der Waals surface area contributed by atoms with Crippen LogP contribution in [0.2, 0.25) is 0 Å². The third kappa shape index (κ3) is 4.56. The number of anilines is 1. The van der Waals surface area contributed by atoms with Crippen molar-refractivity contribution in [2.45, 2.75) is 47.1 Å². The Morgan fingerprint density at radius 1 is 1.21 bits per heavy atom. The van der Waals surface area contributed by atoms with E-state index >= 15 is 0 Å². The molecule has 28 heavy (non-hydrogen) atoms. The van der Waals surface area contributed by atoms with Crippen LogP contribution in [0.15, 0.2) is 58.3 Å². The predicted octanol–water partition coefficient (Wildman–Crippen LogP) is 2.99. The van der Waals surface area contributed by atoms with Crippen LogP contribution in [0.1, 0.15) is 25.8 Å². The average molecular weight is 419 g/mol. The molecule has 2 aromatic rings. The Hall–Kier alpha value is -2.32. The lowest BCUT2D eigenvalue weighted by molar-refractivity contribution is -0.121. The molecule has 0 radical (unpaired) electrons. The van der Waals surface area contributed by atoms with Crippen LogP contribution in [0, 0.1) is 0 Å². The summed E-state index contributed by atoms with van der Waals surface area (Å²) in [5.74, 6) is -0.412. The van der Waals surface area contributed by atoms with E-state index in [1.165, 1.54) is 24.8 Å². The molecule has 2 amide bonds. The van der Waals surface area contributed by atoms with Crippen molar-refractivity contribution in [3.05, 3.63) is 54.1 Å². The van der Waals surface area contributed by atoms with E-state index in [2.05, 4.69) is 10.6 Å². The zero-order valence-electron chi connectivity index (χ0n) is 15.6. The molecule has 8 heteroatoms. The Labute approximate surface area is 169 Å². The number of carbonyl (C=O) groups excluding carboxylic acids is 2. The largest absolute Gasteiger partial charge is 0.352 e. The molecule has 0 aromatic heterocycles. The van der Waals surface area contributed by atoms with E-state index in [4.69, 9.17) is 0 Å². The molecular formula is C20H22N2O4S2. The van der Waals surface area contributed by atoms with Crippen molar-refractivity contribution < 1.29 is 18.0 Å². The molecular weight excluding hydrogens is 396 g/mol. The van der Waals surface area contributed by atoms with Crippen molar-refractivity contribution in [3.63, 3.8) is 0 Å². The van der Waals surface area contributed by atoms with E-state index < -0.39 is 15.1 Å². The summed E-state index contributed by atoms with van der Waals surface area (Å²) in [5.41, 5.74) is 1.56. The highest BCUT2D eigenvalue weighted by molar-refractivity contribution is 8.01. The number of thioether (sulfide) groups is 1. The predicted molar refractivity (Wildman–Crippen MR) is 110 cm³/mol. The van der Waals surface area contributed by atoms with Gasteiger partial charge in [-0.25, -0.2) is 8.42 Å². The van der Waals surface area contributed by atoms with Crippen molar-refractivity contribution >= 4 is 39.1 Å². The van der Waals surface area contributed by atoms with Crippen molar-refractivity contribution in [1.29, 1.82) is 0 Å². The van der Waals surface area contributed by atoms with E-state index in [0.717, 1.165) is 5.56 Å². The minimum atomic E-state index is -3.67. The van der Waals surface area contributed by atoms with E-state index in [-0.39, 0.29) is 28.4 Å². The molecule has 0 bridgehead atoms. The van der Waals surface area contributed by atoms with E-state index in [1.54, 1.807) is 19.1 Å². The average Bonchev–Trinajstić information content (AvgIpc) is 2.67. The number of hydrogen-bond acceptors (Lipinski definition) is 5. The molecule has 1 heterocycles. The Kier molecular flexibility index (Phi) is 6.10. The Bertz CT molecular complexity index is 991. The maximum atomic E-state index is 12.9. The lowest BCUT2D eigenvalue weighted by Gasteiger charge is -2.22. The third-order valence-electron chi connectivity index (χ3n) is 4.55. The number of hydrogen-bond donors (Lipinski definition) is 2. The second-order valence-electron chi connectivity index (χ2n) is 6.73. The quantitative estimate of drug-likeness (QED) is 0.752. The summed E-state index contributed by atoms with van der Waals surface area (Å²) in [6, 6.07) is 14.1. The Morgan fingerprint density at radius 2 is 1.93 bits per heavy atom.